The van der Waals surface area contributed by atoms with Crippen LogP contribution in [0.1, 0.15) is 50.1 Å². The number of alkyl halides is 24. The molecule has 0 atom stereocenters. The number of thiol groups is 1. The minimum Gasteiger partial charge on any atom is -0.194 e. The van der Waals surface area contributed by atoms with Crippen LogP contribution in [0, 0.1) is 0 Å². The number of aromatic nitrogens is 1. The van der Waals surface area contributed by atoms with E-state index in [1.54, 1.807) is 0 Å². The topological polar surface area (TPSA) is 3.88 Å². The van der Waals surface area contributed by atoms with Gasteiger partial charge in [0.25, 0.3) is 0 Å². The van der Waals surface area contributed by atoms with Crippen molar-refractivity contribution in [3.05, 3.63) is 190 Å². The van der Waals surface area contributed by atoms with Gasteiger partial charge in [-0.05, 0) is 42.5 Å². The number of pyridine rings is 1. The third-order valence-electron chi connectivity index (χ3n) is 11.5. The van der Waals surface area contributed by atoms with Crippen LogP contribution in [0.2, 0.25) is 0 Å². The van der Waals surface area contributed by atoms with Gasteiger partial charge in [0, 0.05) is 28.0 Å². The van der Waals surface area contributed by atoms with Gasteiger partial charge >= 0.3 is 49.4 Å². The minimum absolute atomic E-state index is 0.691. The predicted octanol–water partition coefficient (Wildman–Crippen LogP) is 14.7. The average molecular weight is 1120 g/mol. The highest BCUT2D eigenvalue weighted by atomic mass is 32.1. The zero-order chi connectivity index (χ0) is 56.3. The second-order valence-electron chi connectivity index (χ2n) is 16.6. The third-order valence-corrected chi connectivity index (χ3v) is 11.8. The van der Waals surface area contributed by atoms with Crippen LogP contribution in [0.3, 0.4) is 0 Å². The summed E-state index contributed by atoms with van der Waals surface area (Å²) in [5.41, 5.74) is -27.7. The molecule has 0 saturated heterocycles. The van der Waals surface area contributed by atoms with Crippen molar-refractivity contribution in [2.24, 2.45) is 0 Å². The Morgan fingerprint density at radius 2 is 0.600 bits per heavy atom. The summed E-state index contributed by atoms with van der Waals surface area (Å²) in [6.45, 7) is 0.884. The molecule has 75 heavy (non-hydrogen) atoms. The zero-order valence-corrected chi connectivity index (χ0v) is 37.4. The van der Waals surface area contributed by atoms with Crippen molar-refractivity contribution in [1.29, 1.82) is 0 Å². The largest absolute Gasteiger partial charge is 0.416 e. The maximum absolute atomic E-state index is 14.2. The molecular formula is C48H26BF24NS. The van der Waals surface area contributed by atoms with Crippen molar-refractivity contribution in [1.82, 2.24) is 0 Å². The van der Waals surface area contributed by atoms with Crippen LogP contribution in [0.5, 0.6) is 0 Å². The predicted molar refractivity (Wildman–Crippen MR) is 227 cm³/mol. The third kappa shape index (κ3) is 13.1. The highest BCUT2D eigenvalue weighted by Gasteiger charge is 2.47. The van der Waals surface area contributed by atoms with Crippen molar-refractivity contribution in [2.75, 3.05) is 0 Å². The van der Waals surface area contributed by atoms with Crippen molar-refractivity contribution < 1.29 is 110 Å². The summed E-state index contributed by atoms with van der Waals surface area (Å²) in [6, 6.07) is 12.1. The molecule has 27 heteroatoms. The number of benzene rings is 6. The van der Waals surface area contributed by atoms with E-state index < -0.39 is 195 Å². The molecule has 0 saturated carbocycles. The lowest BCUT2D eigenvalue weighted by molar-refractivity contribution is -0.662. The first kappa shape index (κ1) is 57.7. The van der Waals surface area contributed by atoms with E-state index in [1.807, 2.05) is 12.1 Å². The second-order valence-corrected chi connectivity index (χ2v) is 17.1. The van der Waals surface area contributed by atoms with Gasteiger partial charge in [-0.3, -0.25) is 0 Å². The molecule has 0 bridgehead atoms. The smallest absolute Gasteiger partial charge is 0.194 e. The highest BCUT2D eigenvalue weighted by Crippen LogP contribution is 2.41. The van der Waals surface area contributed by atoms with Gasteiger partial charge in [0.05, 0.1) is 44.5 Å². The Hall–Kier alpha value is -6.54. The first-order valence-electron chi connectivity index (χ1n) is 20.6. The molecule has 0 amide bonds. The molecule has 1 aromatic heterocycles. The molecule has 0 radical (unpaired) electrons. The SMILES string of the molecule is FC(F)(F)c1cc([B-](c2cc(C(F)(F)F)cc(C(F)(F)F)c2)(c2cc(C(F)(F)F)cc(C(F)(F)F)c2)c2cc(C(F)(F)F)cc(C(F)(F)F)c2)cc(C(F)(F)F)c1.Sc1ccc2ccc[n+](Cc3ccccc3)c2c1. The molecule has 1 nitrogen and oxygen atoms in total. The Morgan fingerprint density at radius 3 is 0.867 bits per heavy atom. The molecular weight excluding hydrogens is 1090 g/mol. The summed E-state index contributed by atoms with van der Waals surface area (Å²) < 4.78 is 343. The molecule has 0 spiro atoms. The fraction of sp³-hybridized carbons (Fsp3) is 0.188. The Labute approximate surface area is 411 Å². The molecule has 0 fully saturated rings. The van der Waals surface area contributed by atoms with Crippen molar-refractivity contribution in [3.63, 3.8) is 0 Å². The Balaban J connectivity index is 0.000000421. The number of fused-ring (bicyclic) bond motifs is 1. The van der Waals surface area contributed by atoms with Gasteiger partial charge in [0.1, 0.15) is 6.15 Å². The van der Waals surface area contributed by atoms with Crippen molar-refractivity contribution in [2.45, 2.75) is 60.9 Å². The number of halogens is 24. The Morgan fingerprint density at radius 1 is 0.320 bits per heavy atom. The molecule has 1 heterocycles. The maximum Gasteiger partial charge on any atom is 0.416 e. The number of hydrogen-bond donors (Lipinski definition) is 1. The van der Waals surface area contributed by atoms with Crippen LogP contribution in [0.4, 0.5) is 105 Å². The van der Waals surface area contributed by atoms with E-state index in [-0.39, 0.29) is 0 Å². The molecule has 0 aliphatic rings. The zero-order valence-electron chi connectivity index (χ0n) is 36.5. The van der Waals surface area contributed by atoms with Crippen molar-refractivity contribution >= 4 is 51.5 Å². The van der Waals surface area contributed by atoms with E-state index in [4.69, 9.17) is 0 Å². The molecule has 400 valence electrons. The van der Waals surface area contributed by atoms with Crippen LogP contribution in [0.15, 0.2) is 145 Å². The van der Waals surface area contributed by atoms with E-state index in [9.17, 15) is 105 Å². The summed E-state index contributed by atoms with van der Waals surface area (Å²) >= 11 is 4.42. The molecule has 0 aliphatic carbocycles. The lowest BCUT2D eigenvalue weighted by Gasteiger charge is -2.46. The first-order chi connectivity index (χ1) is 34.1. The molecule has 0 unspecified atom stereocenters. The van der Waals surface area contributed by atoms with Gasteiger partial charge < -0.3 is 0 Å². The van der Waals surface area contributed by atoms with E-state index in [0.29, 0.717) is 0 Å². The lowest BCUT2D eigenvalue weighted by Crippen LogP contribution is -2.75. The minimum atomic E-state index is -6.13. The van der Waals surface area contributed by atoms with Crippen LogP contribution in [-0.2, 0) is 56.0 Å². The summed E-state index contributed by atoms with van der Waals surface area (Å²) in [7, 11) is 0. The molecule has 0 N–H and O–H groups in total. The standard InChI is InChI=1S/C32H12BF24.C16H13NS/c34-25(35,36)13-1-14(26(37,38)39)6-21(5-13)33(22-7-15(27(40,41)42)2-16(8-22)28(43,44)45,23-9-17(29(46,47)48)3-18(10-23)30(49,50)51)24-11-19(31(52,53)54)4-20(12-24)32(55,56)57;18-15-9-8-14-7-4-10-17(16(14)11-15)12-13-5-2-1-3-6-13/h1-12H;1-11H,12H2/q-1;/p+1. The molecule has 6 aromatic carbocycles. The quantitative estimate of drug-likeness (QED) is 0.0732. The maximum atomic E-state index is 14.2. The summed E-state index contributed by atoms with van der Waals surface area (Å²) in [4.78, 5) is 0.996. The molecule has 7 aromatic rings. The van der Waals surface area contributed by atoms with Gasteiger partial charge in [0.15, 0.2) is 12.7 Å². The molecule has 7 rings (SSSR count). The first-order valence-corrected chi connectivity index (χ1v) is 21.0. The van der Waals surface area contributed by atoms with Crippen LogP contribution >= 0.6 is 12.6 Å². The number of rotatable bonds is 6. The Bertz CT molecular complexity index is 2760. The van der Waals surface area contributed by atoms with E-state index in [0.717, 1.165) is 11.4 Å². The van der Waals surface area contributed by atoms with E-state index in [1.165, 1.54) is 16.5 Å². The monoisotopic (exact) mass is 1120 g/mol. The van der Waals surface area contributed by atoms with Gasteiger partial charge in [-0.1, -0.05) is 78.9 Å². The fourth-order valence-corrected chi connectivity index (χ4v) is 8.44. The van der Waals surface area contributed by atoms with Gasteiger partial charge in [-0.2, -0.15) is 132 Å². The number of hydrogen-bond acceptors (Lipinski definition) is 1. The van der Waals surface area contributed by atoms with Gasteiger partial charge in [-0.25, -0.2) is 0 Å². The highest BCUT2D eigenvalue weighted by molar-refractivity contribution is 7.80. The fourth-order valence-electron chi connectivity index (χ4n) is 8.24. The second kappa shape index (κ2) is 19.9. The summed E-state index contributed by atoms with van der Waals surface area (Å²) in [5.74, 6) is 0. The van der Waals surface area contributed by atoms with Crippen molar-refractivity contribution in [3.8, 4) is 0 Å². The van der Waals surface area contributed by atoms with Gasteiger partial charge in [-0.15, -0.1) is 12.6 Å². The summed E-state index contributed by atoms with van der Waals surface area (Å²) in [6.07, 6.45) is -52.7. The lowest BCUT2D eigenvalue weighted by atomic mass is 9.12. The number of nitrogens with zero attached hydrogens (tertiary/aromatic N) is 1. The normalized spacial score (nSPS) is 13.5. The van der Waals surface area contributed by atoms with Crippen LogP contribution < -0.4 is 26.4 Å². The molecule has 0 aliphatic heterocycles. The van der Waals surface area contributed by atoms with Crippen LogP contribution in [-0.4, -0.2) is 6.15 Å². The van der Waals surface area contributed by atoms with Crippen LogP contribution in [0.25, 0.3) is 10.9 Å². The Kier molecular flexibility index (Phi) is 15.3. The van der Waals surface area contributed by atoms with E-state index in [2.05, 4.69) is 71.9 Å². The van der Waals surface area contributed by atoms with Gasteiger partial charge in [0.2, 0.25) is 5.52 Å². The summed E-state index contributed by atoms with van der Waals surface area (Å²) in [5, 5.41) is 1.24. The van der Waals surface area contributed by atoms with E-state index >= 15 is 0 Å². The average Bonchev–Trinajstić information content (AvgIpc) is 3.27.